The first-order valence-corrected chi connectivity index (χ1v) is 5.35. The summed E-state index contributed by atoms with van der Waals surface area (Å²) in [5.74, 6) is 0.347. The number of nitrogens with two attached hydrogens (primary N) is 1. The maximum atomic E-state index is 6.20. The van der Waals surface area contributed by atoms with Gasteiger partial charge in [0.15, 0.2) is 0 Å². The number of rotatable bonds is 2. The van der Waals surface area contributed by atoms with E-state index >= 15 is 0 Å². The van der Waals surface area contributed by atoms with E-state index in [4.69, 9.17) is 28.9 Å². The van der Waals surface area contributed by atoms with Gasteiger partial charge in [0.2, 0.25) is 0 Å². The maximum absolute atomic E-state index is 6.20. The molecule has 0 radical (unpaired) electrons. The van der Waals surface area contributed by atoms with Crippen LogP contribution < -0.4 is 5.73 Å². The van der Waals surface area contributed by atoms with E-state index in [1.165, 1.54) is 0 Å². The van der Waals surface area contributed by atoms with Crippen LogP contribution in [0.15, 0.2) is 18.2 Å². The highest BCUT2D eigenvalue weighted by atomic mass is 35.5. The van der Waals surface area contributed by atoms with Crippen molar-refractivity contribution in [2.45, 2.75) is 26.3 Å². The fourth-order valence-electron chi connectivity index (χ4n) is 1.16. The van der Waals surface area contributed by atoms with Gasteiger partial charge in [-0.15, -0.1) is 0 Å². The van der Waals surface area contributed by atoms with E-state index in [1.54, 1.807) is 6.07 Å². The third kappa shape index (κ3) is 2.22. The van der Waals surface area contributed by atoms with Crippen molar-refractivity contribution in [1.82, 2.24) is 0 Å². The van der Waals surface area contributed by atoms with Crippen molar-refractivity contribution in [2.75, 3.05) is 0 Å². The Kier molecular flexibility index (Phi) is 3.46. The van der Waals surface area contributed by atoms with E-state index in [2.05, 4.69) is 13.8 Å². The molecule has 0 aliphatic carbocycles. The average molecular weight is 232 g/mol. The Morgan fingerprint density at radius 2 is 1.79 bits per heavy atom. The summed E-state index contributed by atoms with van der Waals surface area (Å²) < 4.78 is 0. The van der Waals surface area contributed by atoms with Gasteiger partial charge in [0, 0.05) is 5.54 Å². The second kappa shape index (κ2) is 4.09. The minimum atomic E-state index is -0.367. The molecule has 1 aromatic rings. The molecule has 0 saturated heterocycles. The van der Waals surface area contributed by atoms with Crippen LogP contribution in [-0.4, -0.2) is 0 Å². The summed E-state index contributed by atoms with van der Waals surface area (Å²) in [4.78, 5) is 0. The highest BCUT2D eigenvalue weighted by molar-refractivity contribution is 6.42. The highest BCUT2D eigenvalue weighted by Gasteiger charge is 2.25. The summed E-state index contributed by atoms with van der Waals surface area (Å²) in [5.41, 5.74) is 6.85. The van der Waals surface area contributed by atoms with Crippen LogP contribution in [0.3, 0.4) is 0 Å². The Balaban J connectivity index is 3.14. The van der Waals surface area contributed by atoms with Gasteiger partial charge in [-0.25, -0.2) is 0 Å². The zero-order chi connectivity index (χ0) is 10.9. The van der Waals surface area contributed by atoms with Gasteiger partial charge in [0.25, 0.3) is 0 Å². The van der Waals surface area contributed by atoms with E-state index in [-0.39, 0.29) is 5.54 Å². The van der Waals surface area contributed by atoms with E-state index in [0.29, 0.717) is 16.0 Å². The summed E-state index contributed by atoms with van der Waals surface area (Å²) in [6, 6.07) is 5.55. The van der Waals surface area contributed by atoms with Crippen molar-refractivity contribution in [1.29, 1.82) is 0 Å². The molecule has 3 heteroatoms. The number of halogens is 2. The first kappa shape index (κ1) is 11.8. The summed E-state index contributed by atoms with van der Waals surface area (Å²) in [5, 5.41) is 1.12. The van der Waals surface area contributed by atoms with Gasteiger partial charge in [-0.2, -0.15) is 0 Å². The van der Waals surface area contributed by atoms with E-state index in [0.717, 1.165) is 5.56 Å². The lowest BCUT2D eigenvalue weighted by Gasteiger charge is -2.30. The number of benzene rings is 1. The minimum absolute atomic E-state index is 0.347. The fourth-order valence-corrected chi connectivity index (χ4v) is 1.46. The van der Waals surface area contributed by atoms with Gasteiger partial charge in [0.1, 0.15) is 0 Å². The van der Waals surface area contributed by atoms with Gasteiger partial charge >= 0.3 is 0 Å². The van der Waals surface area contributed by atoms with Crippen LogP contribution in [0.25, 0.3) is 0 Å². The molecule has 0 unspecified atom stereocenters. The second-order valence-corrected chi connectivity index (χ2v) is 4.88. The maximum Gasteiger partial charge on any atom is 0.0595 e. The van der Waals surface area contributed by atoms with Crippen LogP contribution in [0.5, 0.6) is 0 Å². The standard InChI is InChI=1S/C11H15Cl2N/c1-7(2)11(3,14)8-4-5-9(12)10(13)6-8/h4-7H,14H2,1-3H3/t11-/m1/s1. The van der Waals surface area contributed by atoms with Gasteiger partial charge in [-0.1, -0.05) is 43.1 Å². The van der Waals surface area contributed by atoms with Crippen LogP contribution in [0.4, 0.5) is 0 Å². The summed E-state index contributed by atoms with van der Waals surface area (Å²) in [7, 11) is 0. The van der Waals surface area contributed by atoms with Crippen molar-refractivity contribution in [3.63, 3.8) is 0 Å². The molecule has 0 aromatic heterocycles. The molecule has 0 amide bonds. The molecule has 78 valence electrons. The topological polar surface area (TPSA) is 26.0 Å². The lowest BCUT2D eigenvalue weighted by molar-refractivity contribution is 0.350. The first-order chi connectivity index (χ1) is 6.35. The molecule has 1 rings (SSSR count). The molecule has 2 N–H and O–H groups in total. The smallest absolute Gasteiger partial charge is 0.0595 e. The molecule has 0 aliphatic rings. The molecule has 0 bridgehead atoms. The molecule has 0 saturated carbocycles. The van der Waals surface area contributed by atoms with Gasteiger partial charge in [-0.3, -0.25) is 0 Å². The molecular weight excluding hydrogens is 217 g/mol. The van der Waals surface area contributed by atoms with Gasteiger partial charge in [0.05, 0.1) is 10.0 Å². The summed E-state index contributed by atoms with van der Waals surface area (Å²) >= 11 is 11.8. The molecule has 0 fully saturated rings. The van der Waals surface area contributed by atoms with Crippen molar-refractivity contribution >= 4 is 23.2 Å². The Hall–Kier alpha value is -0.240. The molecule has 14 heavy (non-hydrogen) atoms. The van der Waals surface area contributed by atoms with Crippen LogP contribution in [-0.2, 0) is 5.54 Å². The average Bonchev–Trinajstić information content (AvgIpc) is 2.09. The third-order valence-electron chi connectivity index (χ3n) is 2.74. The van der Waals surface area contributed by atoms with Gasteiger partial charge < -0.3 is 5.73 Å². The van der Waals surface area contributed by atoms with Crippen LogP contribution in [0.1, 0.15) is 26.3 Å². The lowest BCUT2D eigenvalue weighted by atomic mass is 9.83. The predicted molar refractivity (Wildman–Crippen MR) is 62.8 cm³/mol. The molecule has 0 spiro atoms. The molecule has 1 nitrogen and oxygen atoms in total. The molecule has 0 aliphatic heterocycles. The van der Waals surface area contributed by atoms with Gasteiger partial charge in [-0.05, 0) is 30.5 Å². The SMILES string of the molecule is CC(C)[C@@](C)(N)c1ccc(Cl)c(Cl)c1. The monoisotopic (exact) mass is 231 g/mol. The largest absolute Gasteiger partial charge is 0.321 e. The first-order valence-electron chi connectivity index (χ1n) is 4.60. The van der Waals surface area contributed by atoms with E-state index in [9.17, 15) is 0 Å². The number of hydrogen-bond acceptors (Lipinski definition) is 1. The van der Waals surface area contributed by atoms with Crippen LogP contribution >= 0.6 is 23.2 Å². The summed E-state index contributed by atoms with van der Waals surface area (Å²) in [6.07, 6.45) is 0. The van der Waals surface area contributed by atoms with Crippen molar-refractivity contribution < 1.29 is 0 Å². The highest BCUT2D eigenvalue weighted by Crippen LogP contribution is 2.31. The zero-order valence-electron chi connectivity index (χ0n) is 8.64. The normalized spacial score (nSPS) is 15.6. The quantitative estimate of drug-likeness (QED) is 0.823. The van der Waals surface area contributed by atoms with Crippen molar-refractivity contribution in [2.24, 2.45) is 11.7 Å². The van der Waals surface area contributed by atoms with Crippen molar-refractivity contribution in [3.8, 4) is 0 Å². The molecular formula is C11H15Cl2N. The predicted octanol–water partition coefficient (Wildman–Crippen LogP) is 3.82. The Morgan fingerprint density at radius 3 is 2.21 bits per heavy atom. The minimum Gasteiger partial charge on any atom is -0.321 e. The lowest BCUT2D eigenvalue weighted by Crippen LogP contribution is -2.38. The van der Waals surface area contributed by atoms with Crippen LogP contribution in [0, 0.1) is 5.92 Å². The third-order valence-corrected chi connectivity index (χ3v) is 3.48. The molecule has 0 heterocycles. The Morgan fingerprint density at radius 1 is 1.21 bits per heavy atom. The summed E-state index contributed by atoms with van der Waals surface area (Å²) in [6.45, 7) is 6.17. The Bertz CT molecular complexity index is 332. The van der Waals surface area contributed by atoms with E-state index in [1.807, 2.05) is 19.1 Å². The molecule has 1 atom stereocenters. The van der Waals surface area contributed by atoms with Crippen LogP contribution in [0.2, 0.25) is 10.0 Å². The fraction of sp³-hybridized carbons (Fsp3) is 0.455. The van der Waals surface area contributed by atoms with E-state index < -0.39 is 0 Å². The molecule has 1 aromatic carbocycles. The second-order valence-electron chi connectivity index (χ2n) is 4.07. The zero-order valence-corrected chi connectivity index (χ0v) is 10.2. The number of hydrogen-bond donors (Lipinski definition) is 1. The Labute approximate surface area is 95.2 Å². The van der Waals surface area contributed by atoms with Crippen molar-refractivity contribution in [3.05, 3.63) is 33.8 Å².